The van der Waals surface area contributed by atoms with Crippen molar-refractivity contribution in [3.63, 3.8) is 0 Å². The highest BCUT2D eigenvalue weighted by molar-refractivity contribution is 5.89. The number of carbonyl (C=O) groups is 1. The Kier molecular flexibility index (Phi) is 7.22. The van der Waals surface area contributed by atoms with Crippen molar-refractivity contribution in [2.24, 2.45) is 0 Å². The van der Waals surface area contributed by atoms with E-state index in [1.54, 1.807) is 0 Å². The Morgan fingerprint density at radius 3 is 2.32 bits per heavy atom. The molecule has 2 rings (SSSR count). The van der Waals surface area contributed by atoms with Crippen LogP contribution < -0.4 is 0 Å². The zero-order valence-electron chi connectivity index (χ0n) is 15.3. The number of aliphatic hydroxyl groups excluding tert-OH is 6. The fraction of sp³-hybridized carbons (Fsp3) is 0.812. The summed E-state index contributed by atoms with van der Waals surface area (Å²) in [6.45, 7) is 1.01. The maximum atomic E-state index is 12.2. The van der Waals surface area contributed by atoms with E-state index in [4.69, 9.17) is 24.1 Å². The molecule has 0 aromatic carbocycles. The lowest BCUT2D eigenvalue weighted by atomic mass is 9.99. The Morgan fingerprint density at radius 2 is 1.79 bits per heavy atom. The van der Waals surface area contributed by atoms with Gasteiger partial charge in [0.05, 0.1) is 18.8 Å². The number of aliphatic hydroxyl groups is 7. The molecule has 2 aliphatic heterocycles. The molecule has 7 N–H and O–H groups in total. The van der Waals surface area contributed by atoms with E-state index >= 15 is 0 Å². The summed E-state index contributed by atoms with van der Waals surface area (Å²) in [5, 5.41) is 67.7. The zero-order valence-corrected chi connectivity index (χ0v) is 15.3. The molecule has 2 heterocycles. The Morgan fingerprint density at radius 1 is 1.14 bits per heavy atom. The molecule has 7 atom stereocenters. The van der Waals surface area contributed by atoms with E-state index in [0.29, 0.717) is 0 Å². The molecule has 2 aliphatic rings. The maximum absolute atomic E-state index is 12.2. The van der Waals surface area contributed by atoms with E-state index in [-0.39, 0.29) is 12.4 Å². The summed E-state index contributed by atoms with van der Waals surface area (Å²) in [6.07, 6.45) is -11.1. The first kappa shape index (κ1) is 22.8. The number of rotatable bonds is 8. The minimum Gasteiger partial charge on any atom is -0.487 e. The normalized spacial score (nSPS) is 35.0. The third-order valence-corrected chi connectivity index (χ3v) is 4.10. The van der Waals surface area contributed by atoms with Crippen LogP contribution in [0, 0.1) is 0 Å². The monoisotopic (exact) mass is 410 g/mol. The van der Waals surface area contributed by atoms with Crippen LogP contribution >= 0.6 is 0 Å². The van der Waals surface area contributed by atoms with Crippen molar-refractivity contribution >= 4 is 5.97 Å². The van der Waals surface area contributed by atoms with Crippen molar-refractivity contribution in [1.82, 2.24) is 0 Å². The van der Waals surface area contributed by atoms with Crippen molar-refractivity contribution in [2.45, 2.75) is 62.4 Å². The van der Waals surface area contributed by atoms with Crippen molar-refractivity contribution in [1.29, 1.82) is 0 Å². The van der Waals surface area contributed by atoms with Gasteiger partial charge in [0.15, 0.2) is 11.9 Å². The lowest BCUT2D eigenvalue weighted by Gasteiger charge is -2.39. The van der Waals surface area contributed by atoms with Gasteiger partial charge in [0, 0.05) is 0 Å². The number of hydrogen-bond acceptors (Lipinski definition) is 12. The summed E-state index contributed by atoms with van der Waals surface area (Å²) in [6, 6.07) is 0. The maximum Gasteiger partial charge on any atom is 0.378 e. The highest BCUT2D eigenvalue weighted by Crippen LogP contribution is 2.31. The highest BCUT2D eigenvalue weighted by Gasteiger charge is 2.48. The molecule has 0 spiro atoms. The van der Waals surface area contributed by atoms with Gasteiger partial charge in [-0.1, -0.05) is 0 Å². The lowest BCUT2D eigenvalue weighted by molar-refractivity contribution is -0.291. The number of esters is 1. The summed E-state index contributed by atoms with van der Waals surface area (Å²) in [5.74, 6) is -2.09. The SMILES string of the molecule is CC(C)(O)COC1=C(OC2O[C@H](CO)[C@@H](O)[C@H](O)[C@H]2O)C(=O)O[C@@H]1[C@@H](O)CO. The molecule has 0 radical (unpaired) electrons. The van der Waals surface area contributed by atoms with Crippen molar-refractivity contribution < 1.29 is 59.5 Å². The molecule has 28 heavy (non-hydrogen) atoms. The van der Waals surface area contributed by atoms with Crippen LogP contribution in [0.5, 0.6) is 0 Å². The van der Waals surface area contributed by atoms with E-state index in [0.717, 1.165) is 0 Å². The molecule has 12 heteroatoms. The lowest BCUT2D eigenvalue weighted by Crippen LogP contribution is -2.59. The minimum absolute atomic E-state index is 0.338. The molecule has 0 saturated carbocycles. The predicted molar refractivity (Wildman–Crippen MR) is 87.1 cm³/mol. The summed E-state index contributed by atoms with van der Waals surface area (Å²) in [7, 11) is 0. The number of hydrogen-bond donors (Lipinski definition) is 7. The predicted octanol–water partition coefficient (Wildman–Crippen LogP) is -3.92. The van der Waals surface area contributed by atoms with Gasteiger partial charge in [-0.15, -0.1) is 0 Å². The molecule has 1 unspecified atom stereocenters. The Bertz CT molecular complexity index is 583. The molecule has 0 amide bonds. The summed E-state index contributed by atoms with van der Waals surface area (Å²) in [4.78, 5) is 12.2. The number of ether oxygens (including phenoxy) is 4. The van der Waals surface area contributed by atoms with Gasteiger partial charge in [-0.25, -0.2) is 4.79 Å². The fourth-order valence-electron chi connectivity index (χ4n) is 2.59. The Labute approximate surface area is 160 Å². The largest absolute Gasteiger partial charge is 0.487 e. The van der Waals surface area contributed by atoms with Crippen LogP contribution in [0.3, 0.4) is 0 Å². The van der Waals surface area contributed by atoms with Gasteiger partial charge >= 0.3 is 5.97 Å². The third-order valence-electron chi connectivity index (χ3n) is 4.10. The second-order valence-corrected chi connectivity index (χ2v) is 7.19. The molecular weight excluding hydrogens is 384 g/mol. The van der Waals surface area contributed by atoms with Gasteiger partial charge in [0.2, 0.25) is 12.0 Å². The third kappa shape index (κ3) is 4.90. The van der Waals surface area contributed by atoms with Crippen LogP contribution in [-0.4, -0.2) is 110 Å². The van der Waals surface area contributed by atoms with E-state index < -0.39 is 73.5 Å². The van der Waals surface area contributed by atoms with Gasteiger partial charge in [0.1, 0.15) is 37.1 Å². The molecular formula is C16H26O12. The second-order valence-electron chi connectivity index (χ2n) is 7.19. The van der Waals surface area contributed by atoms with Gasteiger partial charge in [-0.05, 0) is 13.8 Å². The van der Waals surface area contributed by atoms with Crippen molar-refractivity contribution in [3.8, 4) is 0 Å². The summed E-state index contributed by atoms with van der Waals surface area (Å²) < 4.78 is 20.7. The van der Waals surface area contributed by atoms with Crippen LogP contribution in [0.4, 0.5) is 0 Å². The molecule has 1 saturated heterocycles. The highest BCUT2D eigenvalue weighted by atomic mass is 16.7. The van der Waals surface area contributed by atoms with Gasteiger partial charge < -0.3 is 54.7 Å². The number of carbonyl (C=O) groups excluding carboxylic acids is 1. The van der Waals surface area contributed by atoms with Gasteiger partial charge in [-0.3, -0.25) is 0 Å². The Hall–Kier alpha value is -1.51. The molecule has 0 bridgehead atoms. The molecule has 162 valence electrons. The number of cyclic esters (lactones) is 1. The van der Waals surface area contributed by atoms with Crippen LogP contribution in [0.15, 0.2) is 11.5 Å². The average molecular weight is 410 g/mol. The topological polar surface area (TPSA) is 196 Å². The first-order chi connectivity index (χ1) is 13.0. The first-order valence-electron chi connectivity index (χ1n) is 8.56. The molecule has 1 fully saturated rings. The van der Waals surface area contributed by atoms with Crippen LogP contribution in [0.2, 0.25) is 0 Å². The van der Waals surface area contributed by atoms with Crippen molar-refractivity contribution in [2.75, 3.05) is 19.8 Å². The average Bonchev–Trinajstić information content (AvgIpc) is 2.94. The van der Waals surface area contributed by atoms with Crippen LogP contribution in [-0.2, 0) is 23.7 Å². The van der Waals surface area contributed by atoms with Gasteiger partial charge in [-0.2, -0.15) is 0 Å². The van der Waals surface area contributed by atoms with E-state index in [9.17, 15) is 35.4 Å². The van der Waals surface area contributed by atoms with Crippen LogP contribution in [0.1, 0.15) is 13.8 Å². The molecule has 0 aromatic rings. The molecule has 12 nitrogen and oxygen atoms in total. The standard InChI is InChI=1S/C16H26O12/c1-16(2,24)5-25-12-11(6(19)3-17)27-14(23)13(12)28-15-10(22)9(21)8(20)7(4-18)26-15/h6-11,15,17-22,24H,3-5H2,1-2H3/t6-,7+,8+,9-,10+,11+,15?/m0/s1. The van der Waals surface area contributed by atoms with Crippen LogP contribution in [0.25, 0.3) is 0 Å². The summed E-state index contributed by atoms with van der Waals surface area (Å²) in [5.41, 5.74) is -1.33. The minimum atomic E-state index is -1.80. The van der Waals surface area contributed by atoms with Crippen molar-refractivity contribution in [3.05, 3.63) is 11.5 Å². The van der Waals surface area contributed by atoms with E-state index in [2.05, 4.69) is 0 Å². The Balaban J connectivity index is 2.29. The molecule has 0 aliphatic carbocycles. The fourth-order valence-corrected chi connectivity index (χ4v) is 2.59. The second kappa shape index (κ2) is 8.88. The smallest absolute Gasteiger partial charge is 0.378 e. The molecule has 0 aromatic heterocycles. The quantitative estimate of drug-likeness (QED) is 0.192. The van der Waals surface area contributed by atoms with E-state index in [1.807, 2.05) is 0 Å². The first-order valence-corrected chi connectivity index (χ1v) is 8.56. The van der Waals surface area contributed by atoms with Gasteiger partial charge in [0.25, 0.3) is 0 Å². The summed E-state index contributed by atoms with van der Waals surface area (Å²) >= 11 is 0. The van der Waals surface area contributed by atoms with E-state index in [1.165, 1.54) is 13.8 Å². The zero-order chi connectivity index (χ0) is 21.2.